The fourth-order valence-corrected chi connectivity index (χ4v) is 1.66. The predicted molar refractivity (Wildman–Crippen MR) is 65.1 cm³/mol. The maximum Gasteiger partial charge on any atom is 0.251 e. The van der Waals surface area contributed by atoms with E-state index < -0.39 is 0 Å². The Kier molecular flexibility index (Phi) is 2.99. The van der Waals surface area contributed by atoms with Crippen LogP contribution in [0.3, 0.4) is 0 Å². The van der Waals surface area contributed by atoms with E-state index in [0.717, 1.165) is 5.56 Å². The summed E-state index contributed by atoms with van der Waals surface area (Å²) in [4.78, 5) is 18.1. The van der Waals surface area contributed by atoms with Gasteiger partial charge in [-0.1, -0.05) is 23.2 Å². The lowest BCUT2D eigenvalue weighted by atomic mass is 10.2. The van der Waals surface area contributed by atoms with Gasteiger partial charge in [-0.3, -0.25) is 4.79 Å². The Morgan fingerprint density at radius 1 is 1.19 bits per heavy atom. The quantitative estimate of drug-likeness (QED) is 0.851. The fraction of sp³-hybridized carbons (Fsp3) is 0.0909. The third-order valence-electron chi connectivity index (χ3n) is 2.06. The van der Waals surface area contributed by atoms with Crippen LogP contribution in [0.25, 0.3) is 11.4 Å². The highest BCUT2D eigenvalue weighted by molar-refractivity contribution is 6.42. The first kappa shape index (κ1) is 11.2. The molecule has 0 spiro atoms. The van der Waals surface area contributed by atoms with Gasteiger partial charge in [0.2, 0.25) is 0 Å². The summed E-state index contributed by atoms with van der Waals surface area (Å²) in [6, 6.07) is 6.52. The van der Waals surface area contributed by atoms with E-state index in [1.807, 2.05) is 0 Å². The van der Waals surface area contributed by atoms with Gasteiger partial charge in [-0.15, -0.1) is 0 Å². The minimum Gasteiger partial charge on any atom is -0.307 e. The molecule has 0 unspecified atom stereocenters. The van der Waals surface area contributed by atoms with Gasteiger partial charge in [0, 0.05) is 17.3 Å². The molecule has 0 aliphatic carbocycles. The van der Waals surface area contributed by atoms with Crippen LogP contribution in [-0.2, 0) is 0 Å². The van der Waals surface area contributed by atoms with Crippen LogP contribution in [0.15, 0.2) is 29.1 Å². The van der Waals surface area contributed by atoms with Crippen LogP contribution in [-0.4, -0.2) is 9.97 Å². The molecule has 0 saturated heterocycles. The normalized spacial score (nSPS) is 10.4. The zero-order valence-electron chi connectivity index (χ0n) is 8.42. The van der Waals surface area contributed by atoms with E-state index in [1.54, 1.807) is 25.1 Å². The number of hydrogen-bond acceptors (Lipinski definition) is 2. The van der Waals surface area contributed by atoms with Crippen LogP contribution < -0.4 is 5.56 Å². The number of aromatic amines is 1. The lowest BCUT2D eigenvalue weighted by molar-refractivity contribution is 1.07. The van der Waals surface area contributed by atoms with Crippen molar-refractivity contribution in [3.8, 4) is 11.4 Å². The van der Waals surface area contributed by atoms with Crippen LogP contribution in [0.2, 0.25) is 10.0 Å². The molecule has 2 rings (SSSR count). The summed E-state index contributed by atoms with van der Waals surface area (Å²) in [7, 11) is 0. The van der Waals surface area contributed by atoms with Crippen LogP contribution in [0.5, 0.6) is 0 Å². The van der Waals surface area contributed by atoms with Gasteiger partial charge in [-0.2, -0.15) is 0 Å². The van der Waals surface area contributed by atoms with E-state index in [9.17, 15) is 4.79 Å². The molecule has 0 aliphatic heterocycles. The minimum absolute atomic E-state index is 0.187. The van der Waals surface area contributed by atoms with Crippen molar-refractivity contribution in [2.24, 2.45) is 0 Å². The molecule has 1 heterocycles. The highest BCUT2D eigenvalue weighted by Gasteiger charge is 2.04. The number of halogens is 2. The summed E-state index contributed by atoms with van der Waals surface area (Å²) >= 11 is 11.7. The van der Waals surface area contributed by atoms with Gasteiger partial charge >= 0.3 is 0 Å². The van der Waals surface area contributed by atoms with Gasteiger partial charge in [-0.05, 0) is 25.1 Å². The van der Waals surface area contributed by atoms with Crippen molar-refractivity contribution in [2.75, 3.05) is 0 Å². The second-order valence-electron chi connectivity index (χ2n) is 3.36. The molecule has 0 aliphatic rings. The molecule has 2 aromatic rings. The molecule has 16 heavy (non-hydrogen) atoms. The van der Waals surface area contributed by atoms with Crippen molar-refractivity contribution in [2.45, 2.75) is 6.92 Å². The zero-order chi connectivity index (χ0) is 11.7. The molecule has 0 fully saturated rings. The van der Waals surface area contributed by atoms with Crippen molar-refractivity contribution in [1.82, 2.24) is 9.97 Å². The molecule has 82 valence electrons. The average Bonchev–Trinajstić information content (AvgIpc) is 2.20. The lowest BCUT2D eigenvalue weighted by Crippen LogP contribution is -2.08. The van der Waals surface area contributed by atoms with Crippen molar-refractivity contribution in [3.05, 3.63) is 50.4 Å². The number of aryl methyl sites for hydroxylation is 1. The first-order valence-electron chi connectivity index (χ1n) is 4.59. The largest absolute Gasteiger partial charge is 0.307 e. The van der Waals surface area contributed by atoms with E-state index in [4.69, 9.17) is 23.2 Å². The fourth-order valence-electron chi connectivity index (χ4n) is 1.36. The van der Waals surface area contributed by atoms with Crippen LogP contribution >= 0.6 is 23.2 Å². The molecule has 1 aromatic carbocycles. The molecule has 5 heteroatoms. The Morgan fingerprint density at radius 2 is 1.94 bits per heavy atom. The molecule has 3 nitrogen and oxygen atoms in total. The van der Waals surface area contributed by atoms with E-state index in [1.165, 1.54) is 6.07 Å². The summed E-state index contributed by atoms with van der Waals surface area (Å²) in [5.74, 6) is 0.489. The van der Waals surface area contributed by atoms with Crippen molar-refractivity contribution in [3.63, 3.8) is 0 Å². The van der Waals surface area contributed by atoms with Crippen LogP contribution in [0.4, 0.5) is 0 Å². The lowest BCUT2D eigenvalue weighted by Gasteiger charge is -2.03. The van der Waals surface area contributed by atoms with E-state index in [0.29, 0.717) is 21.6 Å². The van der Waals surface area contributed by atoms with Crippen molar-refractivity contribution < 1.29 is 0 Å². The SMILES string of the molecule is Cc1cc(=O)[nH]c(-c2ccc(Cl)c(Cl)c2)n1. The van der Waals surface area contributed by atoms with Gasteiger partial charge in [0.25, 0.3) is 5.56 Å². The van der Waals surface area contributed by atoms with Crippen LogP contribution in [0, 0.1) is 6.92 Å². The topological polar surface area (TPSA) is 45.8 Å². The van der Waals surface area contributed by atoms with Gasteiger partial charge in [0.15, 0.2) is 0 Å². The number of nitrogens with zero attached hydrogens (tertiary/aromatic N) is 1. The summed E-state index contributed by atoms with van der Waals surface area (Å²) in [6.45, 7) is 1.76. The number of rotatable bonds is 1. The zero-order valence-corrected chi connectivity index (χ0v) is 9.93. The maximum absolute atomic E-state index is 11.3. The molecule has 0 amide bonds. The smallest absolute Gasteiger partial charge is 0.251 e. The number of benzene rings is 1. The third kappa shape index (κ3) is 2.26. The summed E-state index contributed by atoms with van der Waals surface area (Å²) < 4.78 is 0. The van der Waals surface area contributed by atoms with E-state index in [-0.39, 0.29) is 5.56 Å². The molecule has 0 saturated carbocycles. The molecular formula is C11H8Cl2N2O. The molecule has 0 radical (unpaired) electrons. The average molecular weight is 255 g/mol. The van der Waals surface area contributed by atoms with E-state index >= 15 is 0 Å². The Bertz CT molecular complexity index is 593. The maximum atomic E-state index is 11.3. The molecular weight excluding hydrogens is 247 g/mol. The van der Waals surface area contributed by atoms with Crippen LogP contribution in [0.1, 0.15) is 5.69 Å². The summed E-state index contributed by atoms with van der Waals surface area (Å²) in [5.41, 5.74) is 1.20. The van der Waals surface area contributed by atoms with Gasteiger partial charge in [0.05, 0.1) is 10.0 Å². The Labute approximate surface area is 102 Å². The Morgan fingerprint density at radius 3 is 2.56 bits per heavy atom. The Balaban J connectivity index is 2.58. The second kappa shape index (κ2) is 4.28. The first-order valence-corrected chi connectivity index (χ1v) is 5.35. The third-order valence-corrected chi connectivity index (χ3v) is 2.80. The number of hydrogen-bond donors (Lipinski definition) is 1. The highest BCUT2D eigenvalue weighted by atomic mass is 35.5. The number of nitrogens with one attached hydrogen (secondary N) is 1. The molecule has 1 aromatic heterocycles. The number of H-pyrrole nitrogens is 1. The van der Waals surface area contributed by atoms with E-state index in [2.05, 4.69) is 9.97 Å². The monoisotopic (exact) mass is 254 g/mol. The van der Waals surface area contributed by atoms with Crippen molar-refractivity contribution >= 4 is 23.2 Å². The summed E-state index contributed by atoms with van der Waals surface area (Å²) in [6.07, 6.45) is 0. The molecule has 0 atom stereocenters. The molecule has 0 bridgehead atoms. The van der Waals surface area contributed by atoms with Crippen molar-refractivity contribution in [1.29, 1.82) is 0 Å². The predicted octanol–water partition coefficient (Wildman–Crippen LogP) is 3.05. The number of aromatic nitrogens is 2. The van der Waals surface area contributed by atoms with Gasteiger partial charge < -0.3 is 4.98 Å². The second-order valence-corrected chi connectivity index (χ2v) is 4.18. The first-order chi connectivity index (χ1) is 7.56. The van der Waals surface area contributed by atoms with Gasteiger partial charge in [0.1, 0.15) is 5.82 Å². The minimum atomic E-state index is -0.187. The highest BCUT2D eigenvalue weighted by Crippen LogP contribution is 2.26. The Hall–Kier alpha value is -1.32. The van der Waals surface area contributed by atoms with Gasteiger partial charge in [-0.25, -0.2) is 4.98 Å². The molecule has 1 N–H and O–H groups in total. The standard InChI is InChI=1S/C11H8Cl2N2O/c1-6-4-10(16)15-11(14-6)7-2-3-8(12)9(13)5-7/h2-5H,1H3,(H,14,15,16). The summed E-state index contributed by atoms with van der Waals surface area (Å²) in [5, 5.41) is 0.906.